The number of piperidine rings is 1. The molecule has 4 aromatic rings. The molecule has 0 atom stereocenters. The fraction of sp³-hybridized carbons (Fsp3) is 0.459. The molecule has 2 aromatic heterocycles. The number of fused-ring (bicyclic) bond motifs is 1. The van der Waals surface area contributed by atoms with E-state index in [1.54, 1.807) is 36.4 Å². The van der Waals surface area contributed by atoms with Crippen LogP contribution in [-0.4, -0.2) is 74.3 Å². The first kappa shape index (κ1) is 35.9. The van der Waals surface area contributed by atoms with E-state index in [0.29, 0.717) is 30.3 Å². The summed E-state index contributed by atoms with van der Waals surface area (Å²) >= 11 is 0. The van der Waals surface area contributed by atoms with Crippen LogP contribution in [0.4, 0.5) is 10.1 Å². The highest BCUT2D eigenvalue weighted by Gasteiger charge is 2.27. The molecule has 12 heteroatoms. The Morgan fingerprint density at radius 1 is 1.04 bits per heavy atom. The number of carbonyl (C=O) groups excluding carboxylic acids is 1. The standard InChI is InChI=1S/C37H47FN6O5/c1-36(2,39-5)23-49-37(3,4)20-33(45)40-27-12-10-26(28(38)19-27)22-48-34-9-7-8-29(42-34)24-14-16-44(17-15-24)21-32-41-30-13-11-25(35(46)47)18-31(30)43(32)6/h7-13,18-19,24,39H,14-17,20-23H2,1-6H3,(H,40,45)(H,46,47). The van der Waals surface area contributed by atoms with Crippen LogP contribution in [0.3, 0.4) is 0 Å². The van der Waals surface area contributed by atoms with Gasteiger partial charge >= 0.3 is 5.97 Å². The Bertz CT molecular complexity index is 1800. The van der Waals surface area contributed by atoms with Gasteiger partial charge in [-0.25, -0.2) is 19.2 Å². The summed E-state index contributed by atoms with van der Waals surface area (Å²) in [7, 11) is 3.78. The van der Waals surface area contributed by atoms with E-state index < -0.39 is 17.4 Å². The number of nitrogens with one attached hydrogen (secondary N) is 2. The molecule has 0 aliphatic carbocycles. The number of halogens is 1. The second kappa shape index (κ2) is 15.0. The van der Waals surface area contributed by atoms with Crippen LogP contribution in [0.15, 0.2) is 54.6 Å². The smallest absolute Gasteiger partial charge is 0.335 e. The number of hydrogen-bond donors (Lipinski definition) is 3. The molecule has 49 heavy (non-hydrogen) atoms. The number of carboxylic acids is 1. The Labute approximate surface area is 286 Å². The van der Waals surface area contributed by atoms with Gasteiger partial charge < -0.3 is 29.8 Å². The molecule has 2 aromatic carbocycles. The van der Waals surface area contributed by atoms with Crippen LogP contribution in [0.1, 0.15) is 80.3 Å². The average Bonchev–Trinajstić information content (AvgIpc) is 3.37. The van der Waals surface area contributed by atoms with Gasteiger partial charge in [-0.05, 0) is 97.1 Å². The van der Waals surface area contributed by atoms with E-state index in [4.69, 9.17) is 19.4 Å². The van der Waals surface area contributed by atoms with Crippen molar-refractivity contribution in [2.24, 2.45) is 7.05 Å². The number of anilines is 1. The summed E-state index contributed by atoms with van der Waals surface area (Å²) < 4.78 is 28.8. The van der Waals surface area contributed by atoms with Crippen molar-refractivity contribution in [2.45, 2.75) is 77.2 Å². The number of aromatic nitrogens is 3. The van der Waals surface area contributed by atoms with Crippen LogP contribution in [0.5, 0.6) is 5.88 Å². The molecule has 1 aliphatic heterocycles. The van der Waals surface area contributed by atoms with E-state index in [9.17, 15) is 14.7 Å². The van der Waals surface area contributed by atoms with Crippen LogP contribution in [0, 0.1) is 5.82 Å². The van der Waals surface area contributed by atoms with Crippen molar-refractivity contribution in [3.8, 4) is 5.88 Å². The fourth-order valence-electron chi connectivity index (χ4n) is 5.82. The molecule has 1 saturated heterocycles. The predicted molar refractivity (Wildman–Crippen MR) is 186 cm³/mol. The maximum absolute atomic E-state index is 15.0. The Morgan fingerprint density at radius 2 is 1.80 bits per heavy atom. The van der Waals surface area contributed by atoms with Gasteiger partial charge in [0.2, 0.25) is 11.8 Å². The van der Waals surface area contributed by atoms with Gasteiger partial charge in [-0.2, -0.15) is 0 Å². The van der Waals surface area contributed by atoms with Crippen LogP contribution in [0.2, 0.25) is 0 Å². The van der Waals surface area contributed by atoms with E-state index in [0.717, 1.165) is 48.5 Å². The molecule has 11 nitrogen and oxygen atoms in total. The third-order valence-corrected chi connectivity index (χ3v) is 9.14. The van der Waals surface area contributed by atoms with Crippen LogP contribution in [-0.2, 0) is 29.7 Å². The number of aryl methyl sites for hydroxylation is 1. The monoisotopic (exact) mass is 674 g/mol. The number of pyridine rings is 1. The van der Waals surface area contributed by atoms with E-state index in [1.165, 1.54) is 6.07 Å². The highest BCUT2D eigenvalue weighted by atomic mass is 19.1. The molecule has 5 rings (SSSR count). The maximum atomic E-state index is 15.0. The number of amides is 1. The summed E-state index contributed by atoms with van der Waals surface area (Å²) in [5.41, 5.74) is 2.60. The lowest BCUT2D eigenvalue weighted by Gasteiger charge is -2.31. The van der Waals surface area contributed by atoms with Crippen molar-refractivity contribution >= 4 is 28.6 Å². The Balaban J connectivity index is 1.11. The molecular formula is C37H47FN6O5. The highest BCUT2D eigenvalue weighted by Crippen LogP contribution is 2.29. The molecule has 0 bridgehead atoms. The molecule has 0 radical (unpaired) electrons. The zero-order valence-corrected chi connectivity index (χ0v) is 29.2. The number of aromatic carboxylic acids is 1. The topological polar surface area (TPSA) is 131 Å². The van der Waals surface area contributed by atoms with Gasteiger partial charge in [0.05, 0.1) is 41.8 Å². The molecule has 0 saturated carbocycles. The fourth-order valence-corrected chi connectivity index (χ4v) is 5.82. The number of carboxylic acid groups (broad SMARTS) is 1. The van der Waals surface area contributed by atoms with Crippen molar-refractivity contribution in [1.29, 1.82) is 0 Å². The van der Waals surface area contributed by atoms with Crippen LogP contribution in [0.25, 0.3) is 11.0 Å². The minimum absolute atomic E-state index is 0.00303. The second-order valence-electron chi connectivity index (χ2n) is 14.0. The molecule has 0 spiro atoms. The normalized spacial score (nSPS) is 14.7. The average molecular weight is 675 g/mol. The number of nitrogens with zero attached hydrogens (tertiary/aromatic N) is 4. The first-order valence-electron chi connectivity index (χ1n) is 16.6. The van der Waals surface area contributed by atoms with Crippen LogP contribution < -0.4 is 15.4 Å². The lowest BCUT2D eigenvalue weighted by molar-refractivity contribution is -0.123. The summed E-state index contributed by atoms with van der Waals surface area (Å²) in [6.07, 6.45) is 1.96. The molecule has 3 heterocycles. The summed E-state index contributed by atoms with van der Waals surface area (Å²) in [6.45, 7) is 10.6. The molecule has 1 amide bonds. The number of ether oxygens (including phenoxy) is 2. The van der Waals surface area contributed by atoms with Gasteiger partial charge in [-0.15, -0.1) is 0 Å². The Hall–Kier alpha value is -4.39. The lowest BCUT2D eigenvalue weighted by atomic mass is 9.93. The van der Waals surface area contributed by atoms with Gasteiger partial charge in [0.15, 0.2) is 0 Å². The van der Waals surface area contributed by atoms with Crippen molar-refractivity contribution in [3.63, 3.8) is 0 Å². The van der Waals surface area contributed by atoms with Crippen molar-refractivity contribution in [3.05, 3.63) is 83.1 Å². The zero-order valence-electron chi connectivity index (χ0n) is 29.2. The molecule has 1 aliphatic rings. The van der Waals surface area contributed by atoms with Crippen molar-refractivity contribution in [2.75, 3.05) is 32.1 Å². The predicted octanol–water partition coefficient (Wildman–Crippen LogP) is 5.89. The first-order valence-corrected chi connectivity index (χ1v) is 16.6. The quantitative estimate of drug-likeness (QED) is 0.150. The highest BCUT2D eigenvalue weighted by molar-refractivity contribution is 5.92. The number of carbonyl (C=O) groups is 2. The van der Waals surface area contributed by atoms with Gasteiger partial charge in [-0.1, -0.05) is 12.1 Å². The second-order valence-corrected chi connectivity index (χ2v) is 14.0. The molecule has 0 unspecified atom stereocenters. The van der Waals surface area contributed by atoms with Gasteiger partial charge in [0.1, 0.15) is 18.2 Å². The van der Waals surface area contributed by atoms with E-state index in [2.05, 4.69) is 15.5 Å². The largest absolute Gasteiger partial charge is 0.478 e. The number of hydrogen-bond acceptors (Lipinski definition) is 8. The SMILES string of the molecule is CNC(C)(C)COC(C)(C)CC(=O)Nc1ccc(COc2cccc(C3CCN(Cc4nc5ccc(C(=O)O)cc5n4C)CC3)n2)c(F)c1. The summed E-state index contributed by atoms with van der Waals surface area (Å²) in [5, 5.41) is 15.3. The van der Waals surface area contributed by atoms with E-state index in [1.807, 2.05) is 58.5 Å². The van der Waals surface area contributed by atoms with Gasteiger partial charge in [0, 0.05) is 41.5 Å². The number of likely N-dealkylation sites (tertiary alicyclic amines) is 1. The molecule has 1 fully saturated rings. The Morgan fingerprint density at radius 3 is 2.49 bits per heavy atom. The number of imidazole rings is 1. The number of likely N-dealkylation sites (N-methyl/N-ethyl adjacent to an activating group) is 1. The molecular weight excluding hydrogens is 627 g/mol. The molecule has 262 valence electrons. The summed E-state index contributed by atoms with van der Waals surface area (Å²) in [6, 6.07) is 15.3. The summed E-state index contributed by atoms with van der Waals surface area (Å²) in [5.74, 6) is -0.0980. The van der Waals surface area contributed by atoms with Crippen LogP contribution >= 0.6 is 0 Å². The zero-order chi connectivity index (χ0) is 35.3. The lowest BCUT2D eigenvalue weighted by Crippen LogP contribution is -2.44. The van der Waals surface area contributed by atoms with Crippen molar-refractivity contribution in [1.82, 2.24) is 24.8 Å². The minimum Gasteiger partial charge on any atom is -0.478 e. The van der Waals surface area contributed by atoms with Crippen molar-refractivity contribution < 1.29 is 28.6 Å². The third kappa shape index (κ3) is 9.40. The number of rotatable bonds is 14. The third-order valence-electron chi connectivity index (χ3n) is 9.14. The maximum Gasteiger partial charge on any atom is 0.335 e. The summed E-state index contributed by atoms with van der Waals surface area (Å²) in [4.78, 5) is 35.9. The first-order chi connectivity index (χ1) is 23.2. The van der Waals surface area contributed by atoms with E-state index in [-0.39, 0.29) is 36.0 Å². The molecule has 3 N–H and O–H groups in total. The van der Waals surface area contributed by atoms with Gasteiger partial charge in [0.25, 0.3) is 0 Å². The van der Waals surface area contributed by atoms with E-state index >= 15 is 4.39 Å². The minimum atomic E-state index is -0.954. The Kier molecular flexibility index (Phi) is 11.0. The van der Waals surface area contributed by atoms with Gasteiger partial charge in [-0.3, -0.25) is 9.69 Å². The number of benzene rings is 2.